The fraction of sp³-hybridized carbons (Fsp3) is 0.348. The Kier molecular flexibility index (Phi) is 5.45. The van der Waals surface area contributed by atoms with Crippen molar-refractivity contribution in [1.29, 1.82) is 0 Å². The van der Waals surface area contributed by atoms with E-state index in [-0.39, 0.29) is 6.04 Å². The van der Waals surface area contributed by atoms with Crippen LogP contribution in [-0.4, -0.2) is 35.0 Å². The summed E-state index contributed by atoms with van der Waals surface area (Å²) in [5, 5.41) is 7.99. The van der Waals surface area contributed by atoms with E-state index in [1.54, 1.807) is 6.07 Å². The highest BCUT2D eigenvalue weighted by atomic mass is 16.1. The van der Waals surface area contributed by atoms with E-state index in [9.17, 15) is 4.79 Å². The van der Waals surface area contributed by atoms with Gasteiger partial charge in [-0.3, -0.25) is 4.79 Å². The highest BCUT2D eigenvalue weighted by Crippen LogP contribution is 2.31. The molecular weight excluding hydrogens is 362 g/mol. The van der Waals surface area contributed by atoms with Gasteiger partial charge in [-0.05, 0) is 37.6 Å². The van der Waals surface area contributed by atoms with Crippen LogP contribution in [0.25, 0.3) is 10.9 Å². The van der Waals surface area contributed by atoms with Crippen molar-refractivity contribution in [1.82, 2.24) is 15.3 Å². The van der Waals surface area contributed by atoms with E-state index in [1.165, 1.54) is 11.1 Å². The van der Waals surface area contributed by atoms with Crippen LogP contribution in [0.3, 0.4) is 0 Å². The maximum Gasteiger partial charge on any atom is 0.250 e. The Morgan fingerprint density at radius 1 is 1.24 bits per heavy atom. The third kappa shape index (κ3) is 3.93. The average molecular weight is 390 g/mol. The number of anilines is 1. The lowest BCUT2D eigenvalue weighted by Gasteiger charge is -2.34. The zero-order valence-corrected chi connectivity index (χ0v) is 16.9. The average Bonchev–Trinajstić information content (AvgIpc) is 2.73. The summed E-state index contributed by atoms with van der Waals surface area (Å²) in [5.74, 6) is 1.37. The van der Waals surface area contributed by atoms with Gasteiger partial charge in [0.25, 0.3) is 5.91 Å². The van der Waals surface area contributed by atoms with Crippen molar-refractivity contribution in [2.75, 3.05) is 18.4 Å². The van der Waals surface area contributed by atoms with Crippen molar-refractivity contribution in [3.05, 3.63) is 65.0 Å². The summed E-state index contributed by atoms with van der Waals surface area (Å²) in [6.07, 6.45) is 1.74. The molecule has 1 aliphatic heterocycles. The van der Waals surface area contributed by atoms with Crippen LogP contribution in [0.2, 0.25) is 0 Å². The lowest BCUT2D eigenvalue weighted by molar-refractivity contribution is 0.100. The molecule has 150 valence electrons. The number of nitrogens with zero attached hydrogens (tertiary/aromatic N) is 2. The number of hydrogen-bond acceptors (Lipinski definition) is 5. The van der Waals surface area contributed by atoms with E-state index in [1.807, 2.05) is 19.1 Å². The van der Waals surface area contributed by atoms with Gasteiger partial charge in [0.05, 0.1) is 11.1 Å². The molecule has 1 unspecified atom stereocenters. The minimum Gasteiger partial charge on any atom is -0.366 e. The van der Waals surface area contributed by atoms with E-state index in [2.05, 4.69) is 46.8 Å². The van der Waals surface area contributed by atoms with Crippen LogP contribution in [0, 0.1) is 6.92 Å². The smallest absolute Gasteiger partial charge is 0.250 e. The summed E-state index contributed by atoms with van der Waals surface area (Å²) in [5.41, 5.74) is 9.25. The number of para-hydroxylation sites is 1. The van der Waals surface area contributed by atoms with Crippen molar-refractivity contribution >= 4 is 22.6 Å². The van der Waals surface area contributed by atoms with Gasteiger partial charge in [-0.1, -0.05) is 42.8 Å². The van der Waals surface area contributed by atoms with Crippen LogP contribution in [0.5, 0.6) is 0 Å². The minimum absolute atomic E-state index is 0.186. The van der Waals surface area contributed by atoms with Crippen LogP contribution in [-0.2, 0) is 6.42 Å². The summed E-state index contributed by atoms with van der Waals surface area (Å²) in [6.45, 7) is 5.98. The van der Waals surface area contributed by atoms with Gasteiger partial charge in [-0.25, -0.2) is 9.97 Å². The number of primary amides is 1. The lowest BCUT2D eigenvalue weighted by atomic mass is 9.85. The molecule has 2 atom stereocenters. The number of rotatable bonds is 5. The summed E-state index contributed by atoms with van der Waals surface area (Å²) in [4.78, 5) is 21.3. The SMILES string of the molecule is CCc1nc(NC2CNCC[C@@H]2c2cccc(C)c2)c2cccc(C(N)=O)c2n1. The second-order valence-electron chi connectivity index (χ2n) is 7.67. The Morgan fingerprint density at radius 3 is 2.83 bits per heavy atom. The third-order valence-corrected chi connectivity index (χ3v) is 5.63. The molecule has 2 heterocycles. The lowest BCUT2D eigenvalue weighted by Crippen LogP contribution is -2.44. The topological polar surface area (TPSA) is 92.9 Å². The molecule has 1 fully saturated rings. The number of benzene rings is 2. The Bertz CT molecular complexity index is 1050. The molecule has 1 aliphatic rings. The Labute approximate surface area is 170 Å². The molecule has 2 aromatic carbocycles. The molecule has 0 spiro atoms. The van der Waals surface area contributed by atoms with Crippen molar-refractivity contribution in [3.63, 3.8) is 0 Å². The van der Waals surface area contributed by atoms with Crippen molar-refractivity contribution in [3.8, 4) is 0 Å². The first-order chi connectivity index (χ1) is 14.1. The van der Waals surface area contributed by atoms with Crippen molar-refractivity contribution < 1.29 is 4.79 Å². The number of aromatic nitrogens is 2. The number of nitrogens with two attached hydrogens (primary N) is 1. The predicted octanol–water partition coefficient (Wildman–Crippen LogP) is 3.16. The van der Waals surface area contributed by atoms with Crippen LogP contribution in [0.1, 0.15) is 46.6 Å². The van der Waals surface area contributed by atoms with E-state index < -0.39 is 5.91 Å². The van der Waals surface area contributed by atoms with Crippen LogP contribution >= 0.6 is 0 Å². The molecule has 3 aromatic rings. The van der Waals surface area contributed by atoms with Crippen molar-refractivity contribution in [2.45, 2.75) is 38.6 Å². The van der Waals surface area contributed by atoms with Gasteiger partial charge in [0.1, 0.15) is 11.6 Å². The number of fused-ring (bicyclic) bond motifs is 1. The van der Waals surface area contributed by atoms with Gasteiger partial charge in [-0.15, -0.1) is 0 Å². The van der Waals surface area contributed by atoms with Gasteiger partial charge in [-0.2, -0.15) is 0 Å². The highest BCUT2D eigenvalue weighted by molar-refractivity contribution is 6.07. The molecule has 29 heavy (non-hydrogen) atoms. The first kappa shape index (κ1) is 19.3. The normalized spacial score (nSPS) is 19.2. The molecule has 0 bridgehead atoms. The number of carbonyl (C=O) groups is 1. The molecule has 1 aromatic heterocycles. The molecule has 4 rings (SSSR count). The number of aryl methyl sites for hydroxylation is 2. The van der Waals surface area contributed by atoms with Crippen molar-refractivity contribution in [2.24, 2.45) is 5.73 Å². The maximum atomic E-state index is 11.9. The molecule has 1 amide bonds. The molecule has 6 heteroatoms. The maximum absolute atomic E-state index is 11.9. The number of carbonyl (C=O) groups excluding carboxylic acids is 1. The largest absolute Gasteiger partial charge is 0.366 e. The zero-order valence-electron chi connectivity index (χ0n) is 16.9. The van der Waals surface area contributed by atoms with Gasteiger partial charge in [0.15, 0.2) is 0 Å². The fourth-order valence-corrected chi connectivity index (χ4v) is 4.15. The van der Waals surface area contributed by atoms with E-state index in [4.69, 9.17) is 10.7 Å². The van der Waals surface area contributed by atoms with Crippen LogP contribution in [0.4, 0.5) is 5.82 Å². The molecular formula is C23H27N5O. The van der Waals surface area contributed by atoms with Crippen LogP contribution in [0.15, 0.2) is 42.5 Å². The second kappa shape index (κ2) is 8.17. The quantitative estimate of drug-likeness (QED) is 0.623. The standard InChI is InChI=1S/C23H27N5O/c1-3-20-27-21-17(22(24)29)8-5-9-18(21)23(28-20)26-19-13-25-11-10-16(19)15-7-4-6-14(2)12-15/h4-9,12,16,19,25H,3,10-11,13H2,1-2H3,(H2,24,29)(H,26,27,28)/t16-,19?/m1/s1. The summed E-state index contributed by atoms with van der Waals surface area (Å²) < 4.78 is 0. The summed E-state index contributed by atoms with van der Waals surface area (Å²) in [7, 11) is 0. The first-order valence-electron chi connectivity index (χ1n) is 10.2. The van der Waals surface area contributed by atoms with E-state index in [0.29, 0.717) is 29.2 Å². The van der Waals surface area contributed by atoms with Gasteiger partial charge in [0.2, 0.25) is 0 Å². The minimum atomic E-state index is -0.473. The predicted molar refractivity (Wildman–Crippen MR) is 116 cm³/mol. The van der Waals surface area contributed by atoms with Gasteiger partial charge < -0.3 is 16.4 Å². The van der Waals surface area contributed by atoms with Gasteiger partial charge >= 0.3 is 0 Å². The Balaban J connectivity index is 1.75. The Morgan fingerprint density at radius 2 is 2.07 bits per heavy atom. The fourth-order valence-electron chi connectivity index (χ4n) is 4.15. The number of hydrogen-bond donors (Lipinski definition) is 3. The van der Waals surface area contributed by atoms with E-state index >= 15 is 0 Å². The highest BCUT2D eigenvalue weighted by Gasteiger charge is 2.27. The summed E-state index contributed by atoms with van der Waals surface area (Å²) >= 11 is 0. The van der Waals surface area contributed by atoms with Crippen LogP contribution < -0.4 is 16.4 Å². The van der Waals surface area contributed by atoms with Gasteiger partial charge in [0, 0.05) is 30.3 Å². The molecule has 0 aliphatic carbocycles. The molecule has 6 nitrogen and oxygen atoms in total. The Hall–Kier alpha value is -2.99. The molecule has 1 saturated heterocycles. The third-order valence-electron chi connectivity index (χ3n) is 5.63. The summed E-state index contributed by atoms with van der Waals surface area (Å²) in [6, 6.07) is 14.4. The molecule has 4 N–H and O–H groups in total. The number of piperidine rings is 1. The first-order valence-corrected chi connectivity index (χ1v) is 10.2. The zero-order chi connectivity index (χ0) is 20.4. The second-order valence-corrected chi connectivity index (χ2v) is 7.67. The monoisotopic (exact) mass is 389 g/mol. The number of nitrogens with one attached hydrogen (secondary N) is 2. The molecule has 0 saturated carbocycles. The molecule has 0 radical (unpaired) electrons. The van der Waals surface area contributed by atoms with E-state index in [0.717, 1.165) is 30.7 Å². The number of amides is 1.